The number of alkyl halides is 2. The first-order valence-corrected chi connectivity index (χ1v) is 22.2. The third kappa shape index (κ3) is 8.70. The highest BCUT2D eigenvalue weighted by atomic mass is 19.3. The lowest BCUT2D eigenvalue weighted by Gasteiger charge is -2.63. The smallest absolute Gasteiger partial charge is 0.271 e. The number of carbonyl (C=O) groups is 5. The standard InChI is InChI=1S/C47H54F2N8O9/c1-46(2)44(47(3,4)45(46)66-28-8-7-26(20-50)34(18-28)63-5)54-40(59)32-21-52-37(22-51-32)55-13-11-25(12-14-55)23-56(24-36(48)49)27-15-29(16-27)65-30-17-31-39(35(19-30)64-6)43(62)57(42(31)61)33-9-10-38(58)53-41(33)60/h7-8,17-19,21-22,25,27,29,33,36,44-45H,9-16,23-24H2,1-6H3,(H,54,59)(H,53,58,60). The van der Waals surface area contributed by atoms with Crippen molar-refractivity contribution >= 4 is 35.4 Å². The highest BCUT2D eigenvalue weighted by molar-refractivity contribution is 6.24. The van der Waals surface area contributed by atoms with Crippen molar-refractivity contribution in [2.24, 2.45) is 16.7 Å². The van der Waals surface area contributed by atoms with Crippen LogP contribution in [0.1, 0.15) is 103 Å². The number of rotatable bonds is 15. The molecular formula is C47H54F2N8O9. The third-order valence-corrected chi connectivity index (χ3v) is 13.9. The maximum Gasteiger partial charge on any atom is 0.271 e. The van der Waals surface area contributed by atoms with Crippen LogP contribution in [0.5, 0.6) is 23.0 Å². The van der Waals surface area contributed by atoms with Crippen LogP contribution in [0.15, 0.2) is 42.7 Å². The van der Waals surface area contributed by atoms with E-state index < -0.39 is 46.9 Å². The molecule has 5 aliphatic rings. The number of ether oxygens (including phenoxy) is 4. The first-order valence-electron chi connectivity index (χ1n) is 22.2. The van der Waals surface area contributed by atoms with Crippen molar-refractivity contribution in [3.05, 3.63) is 65.1 Å². The zero-order valence-corrected chi connectivity index (χ0v) is 37.8. The first kappa shape index (κ1) is 46.1. The van der Waals surface area contributed by atoms with Crippen LogP contribution in [0.3, 0.4) is 0 Å². The fourth-order valence-corrected chi connectivity index (χ4v) is 10.7. The Bertz CT molecular complexity index is 2430. The SMILES string of the molecule is COc1cc(OC2C(C)(C)C(NC(=O)c3cnc(N4CCC(CN(CC(F)F)C5CC(Oc6cc(OC)c7c(c6)C(=O)N(C6CCC(=O)NC6=O)C7=O)C5)CC4)cn3)C2(C)C)ccc1C#N. The number of anilines is 1. The van der Waals surface area contributed by atoms with Gasteiger partial charge in [-0.3, -0.25) is 39.1 Å². The van der Waals surface area contributed by atoms with Gasteiger partial charge in [-0.1, -0.05) is 27.7 Å². The van der Waals surface area contributed by atoms with E-state index in [4.69, 9.17) is 18.9 Å². The molecule has 2 aliphatic carbocycles. The zero-order chi connectivity index (χ0) is 47.2. The lowest BCUT2D eigenvalue weighted by atomic mass is 9.49. The van der Waals surface area contributed by atoms with Gasteiger partial charge in [0.2, 0.25) is 11.8 Å². The van der Waals surface area contributed by atoms with E-state index in [-0.39, 0.29) is 83.8 Å². The second kappa shape index (κ2) is 18.1. The molecule has 1 atom stereocenters. The van der Waals surface area contributed by atoms with Gasteiger partial charge in [0, 0.05) is 73.9 Å². The molecule has 0 radical (unpaired) electrons. The molecule has 1 unspecified atom stereocenters. The topological polar surface area (TPSA) is 206 Å². The monoisotopic (exact) mass is 912 g/mol. The van der Waals surface area contributed by atoms with E-state index in [9.17, 15) is 38.0 Å². The molecule has 19 heteroatoms. The summed E-state index contributed by atoms with van der Waals surface area (Å²) < 4.78 is 51.2. The molecule has 5 amide bonds. The summed E-state index contributed by atoms with van der Waals surface area (Å²) >= 11 is 0. The number of benzene rings is 2. The Kier molecular flexibility index (Phi) is 12.7. The van der Waals surface area contributed by atoms with E-state index in [2.05, 4.69) is 31.6 Å². The molecule has 3 aromatic rings. The molecule has 3 aliphatic heterocycles. The molecule has 2 N–H and O–H groups in total. The van der Waals surface area contributed by atoms with Crippen molar-refractivity contribution in [2.75, 3.05) is 45.3 Å². The summed E-state index contributed by atoms with van der Waals surface area (Å²) in [6, 6.07) is 8.61. The number of imide groups is 2. The van der Waals surface area contributed by atoms with Crippen LogP contribution in [-0.2, 0) is 9.59 Å². The molecule has 4 fully saturated rings. The number of carbonyl (C=O) groups excluding carboxylic acids is 5. The molecule has 0 spiro atoms. The molecule has 1 aromatic heterocycles. The van der Waals surface area contributed by atoms with E-state index in [0.717, 1.165) is 17.7 Å². The largest absolute Gasteiger partial charge is 0.496 e. The number of nitrogens with zero attached hydrogens (tertiary/aromatic N) is 6. The highest BCUT2D eigenvalue weighted by Gasteiger charge is 2.64. The van der Waals surface area contributed by atoms with Gasteiger partial charge < -0.3 is 29.2 Å². The summed E-state index contributed by atoms with van der Waals surface area (Å²) in [6.07, 6.45) is 2.41. The zero-order valence-electron chi connectivity index (χ0n) is 37.8. The average molecular weight is 913 g/mol. The van der Waals surface area contributed by atoms with E-state index in [0.29, 0.717) is 55.4 Å². The van der Waals surface area contributed by atoms with Gasteiger partial charge >= 0.3 is 0 Å². The van der Waals surface area contributed by atoms with Crippen molar-refractivity contribution in [3.8, 4) is 29.1 Å². The minimum absolute atomic E-state index is 0.00769. The summed E-state index contributed by atoms with van der Waals surface area (Å²) in [5, 5.41) is 14.7. The van der Waals surface area contributed by atoms with Crippen LogP contribution in [0.4, 0.5) is 14.6 Å². The number of halogens is 2. The van der Waals surface area contributed by atoms with Crippen molar-refractivity contribution < 1.29 is 51.7 Å². The van der Waals surface area contributed by atoms with E-state index >= 15 is 0 Å². The van der Waals surface area contributed by atoms with Gasteiger partial charge in [0.15, 0.2) is 0 Å². The maximum absolute atomic E-state index is 13.9. The molecule has 2 saturated carbocycles. The Balaban J connectivity index is 0.819. The molecule has 2 aromatic carbocycles. The number of fused-ring (bicyclic) bond motifs is 1. The van der Waals surface area contributed by atoms with Crippen LogP contribution in [0, 0.1) is 28.1 Å². The van der Waals surface area contributed by atoms with Gasteiger partial charge in [0.05, 0.1) is 49.8 Å². The quantitative estimate of drug-likeness (QED) is 0.197. The summed E-state index contributed by atoms with van der Waals surface area (Å²) in [5.41, 5.74) is -0.279. The molecule has 8 rings (SSSR count). The number of nitrogens with one attached hydrogen (secondary N) is 2. The van der Waals surface area contributed by atoms with Gasteiger partial charge in [-0.25, -0.2) is 18.7 Å². The van der Waals surface area contributed by atoms with Gasteiger partial charge in [-0.05, 0) is 43.4 Å². The molecule has 4 heterocycles. The summed E-state index contributed by atoms with van der Waals surface area (Å²) in [4.78, 5) is 78.4. The van der Waals surface area contributed by atoms with Crippen LogP contribution in [0.25, 0.3) is 0 Å². The number of nitriles is 1. The lowest BCUT2D eigenvalue weighted by molar-refractivity contribution is -0.164. The van der Waals surface area contributed by atoms with Gasteiger partial charge in [-0.2, -0.15) is 5.26 Å². The molecule has 66 heavy (non-hydrogen) atoms. The van der Waals surface area contributed by atoms with Crippen molar-refractivity contribution in [1.29, 1.82) is 5.26 Å². The van der Waals surface area contributed by atoms with Gasteiger partial charge in [-0.15, -0.1) is 0 Å². The molecular weight excluding hydrogens is 859 g/mol. The predicted molar refractivity (Wildman–Crippen MR) is 233 cm³/mol. The van der Waals surface area contributed by atoms with Crippen molar-refractivity contribution in [2.45, 2.75) is 103 Å². The number of aromatic nitrogens is 2. The Morgan fingerprint density at radius 2 is 1.64 bits per heavy atom. The second-order valence-corrected chi connectivity index (χ2v) is 18.9. The predicted octanol–water partition coefficient (Wildman–Crippen LogP) is 4.77. The van der Waals surface area contributed by atoms with Crippen LogP contribution in [0.2, 0.25) is 0 Å². The Morgan fingerprint density at radius 3 is 2.26 bits per heavy atom. The first-order chi connectivity index (χ1) is 31.4. The van der Waals surface area contributed by atoms with E-state index in [1.54, 1.807) is 24.4 Å². The number of amides is 5. The number of methoxy groups -OCH3 is 2. The van der Waals surface area contributed by atoms with E-state index in [1.807, 2.05) is 32.6 Å². The minimum atomic E-state index is -2.53. The normalized spacial score (nSPS) is 24.5. The molecule has 350 valence electrons. The molecule has 17 nitrogen and oxygen atoms in total. The highest BCUT2D eigenvalue weighted by Crippen LogP contribution is 2.55. The molecule has 0 bridgehead atoms. The van der Waals surface area contributed by atoms with Crippen LogP contribution < -0.4 is 34.5 Å². The Labute approximate surface area is 381 Å². The fourth-order valence-electron chi connectivity index (χ4n) is 10.7. The van der Waals surface area contributed by atoms with Gasteiger partial charge in [0.1, 0.15) is 58.8 Å². The summed E-state index contributed by atoms with van der Waals surface area (Å²) in [7, 11) is 2.85. The minimum Gasteiger partial charge on any atom is -0.496 e. The number of piperidine rings is 2. The fraction of sp³-hybridized carbons (Fsp3) is 0.532. The van der Waals surface area contributed by atoms with Gasteiger partial charge in [0.25, 0.3) is 24.1 Å². The second-order valence-electron chi connectivity index (χ2n) is 18.9. The van der Waals surface area contributed by atoms with Crippen LogP contribution in [-0.4, -0.2) is 126 Å². The third-order valence-electron chi connectivity index (χ3n) is 13.9. The lowest BCUT2D eigenvalue weighted by Crippen LogP contribution is -2.74. The van der Waals surface area contributed by atoms with Crippen molar-refractivity contribution in [3.63, 3.8) is 0 Å². The van der Waals surface area contributed by atoms with E-state index in [1.165, 1.54) is 32.5 Å². The Morgan fingerprint density at radius 1 is 0.939 bits per heavy atom. The summed E-state index contributed by atoms with van der Waals surface area (Å²) in [6.45, 7) is 9.53. The number of hydrogen-bond donors (Lipinski definition) is 2. The number of hydrogen-bond acceptors (Lipinski definition) is 14. The Hall–Kier alpha value is -6.42. The van der Waals surface area contributed by atoms with Crippen molar-refractivity contribution in [1.82, 2.24) is 30.4 Å². The summed E-state index contributed by atoms with van der Waals surface area (Å²) in [5.74, 6) is -0.765. The van der Waals surface area contributed by atoms with Crippen LogP contribution >= 0.6 is 0 Å². The maximum atomic E-state index is 13.9. The molecule has 2 saturated heterocycles. The average Bonchev–Trinajstić information content (AvgIpc) is 3.52.